The average molecular weight is 459 g/mol. The second kappa shape index (κ2) is 8.08. The lowest BCUT2D eigenvalue weighted by molar-refractivity contribution is -0.116. The highest BCUT2D eigenvalue weighted by Crippen LogP contribution is 2.29. The maximum atomic E-state index is 12.3. The van der Waals surface area contributed by atoms with Crippen LogP contribution in [0.25, 0.3) is 10.2 Å². The number of carbonyl (C=O) groups excluding carboxylic acids is 3. The van der Waals surface area contributed by atoms with Gasteiger partial charge in [-0.05, 0) is 36.8 Å². The smallest absolute Gasteiger partial charge is 0.261 e. The lowest BCUT2D eigenvalue weighted by atomic mass is 10.1. The molecule has 3 aromatic rings. The van der Waals surface area contributed by atoms with Gasteiger partial charge in [-0.25, -0.2) is 13.4 Å². The van der Waals surface area contributed by atoms with Gasteiger partial charge in [0.1, 0.15) is 0 Å². The van der Waals surface area contributed by atoms with E-state index in [-0.39, 0.29) is 35.8 Å². The number of anilines is 2. The average Bonchev–Trinajstić information content (AvgIpc) is 3.19. The van der Waals surface area contributed by atoms with E-state index >= 15 is 0 Å². The van der Waals surface area contributed by atoms with Crippen LogP contribution in [0.5, 0.6) is 0 Å². The molecular formula is C20H18N4O5S2. The number of imide groups is 1. The molecule has 0 spiro atoms. The van der Waals surface area contributed by atoms with E-state index in [4.69, 9.17) is 0 Å². The van der Waals surface area contributed by atoms with Crippen molar-refractivity contribution in [1.29, 1.82) is 0 Å². The quantitative estimate of drug-likeness (QED) is 0.525. The van der Waals surface area contributed by atoms with Crippen LogP contribution in [0.3, 0.4) is 0 Å². The van der Waals surface area contributed by atoms with Gasteiger partial charge in [0.25, 0.3) is 11.8 Å². The Kier molecular flexibility index (Phi) is 5.46. The number of rotatable bonds is 7. The highest BCUT2D eigenvalue weighted by atomic mass is 32.2. The molecule has 9 nitrogen and oxygen atoms in total. The summed E-state index contributed by atoms with van der Waals surface area (Å²) in [6.45, 7) is 0.161. The SMILES string of the molecule is CS(=O)(=O)Nc1nc2ccc(NC(=O)CCCN3C(=O)c4ccccc4C3=O)cc2s1. The molecule has 0 saturated heterocycles. The van der Waals surface area contributed by atoms with Crippen LogP contribution in [0, 0.1) is 0 Å². The van der Waals surface area contributed by atoms with Crippen molar-refractivity contribution < 1.29 is 22.8 Å². The van der Waals surface area contributed by atoms with Gasteiger partial charge in [0.15, 0.2) is 5.13 Å². The topological polar surface area (TPSA) is 126 Å². The summed E-state index contributed by atoms with van der Waals surface area (Å²) in [4.78, 5) is 42.3. The summed E-state index contributed by atoms with van der Waals surface area (Å²) in [6, 6.07) is 11.7. The van der Waals surface area contributed by atoms with E-state index in [0.717, 1.165) is 27.2 Å². The van der Waals surface area contributed by atoms with Gasteiger partial charge in [-0.3, -0.25) is 24.0 Å². The molecule has 0 fully saturated rings. The summed E-state index contributed by atoms with van der Waals surface area (Å²) in [6.07, 6.45) is 1.52. The minimum absolute atomic E-state index is 0.134. The fourth-order valence-electron chi connectivity index (χ4n) is 3.27. The predicted octanol–water partition coefficient (Wildman–Crippen LogP) is 2.68. The fourth-order valence-corrected chi connectivity index (χ4v) is 5.01. The molecule has 0 aliphatic carbocycles. The molecule has 1 aliphatic rings. The molecule has 2 heterocycles. The van der Waals surface area contributed by atoms with Crippen molar-refractivity contribution in [3.8, 4) is 0 Å². The second-order valence-electron chi connectivity index (χ2n) is 7.04. The van der Waals surface area contributed by atoms with E-state index in [1.807, 2.05) is 0 Å². The van der Waals surface area contributed by atoms with Crippen molar-refractivity contribution >= 4 is 60.1 Å². The van der Waals surface area contributed by atoms with Crippen molar-refractivity contribution in [1.82, 2.24) is 9.88 Å². The van der Waals surface area contributed by atoms with Gasteiger partial charge in [-0.2, -0.15) is 0 Å². The van der Waals surface area contributed by atoms with Crippen molar-refractivity contribution in [2.24, 2.45) is 0 Å². The minimum atomic E-state index is -3.42. The number of nitrogens with one attached hydrogen (secondary N) is 2. The maximum Gasteiger partial charge on any atom is 0.261 e. The molecule has 2 N–H and O–H groups in total. The van der Waals surface area contributed by atoms with Gasteiger partial charge < -0.3 is 5.32 Å². The Balaban J connectivity index is 1.33. The Morgan fingerprint density at radius 2 is 1.77 bits per heavy atom. The molecule has 0 radical (unpaired) electrons. The first-order chi connectivity index (χ1) is 14.7. The van der Waals surface area contributed by atoms with E-state index in [0.29, 0.717) is 28.8 Å². The molecule has 2 aromatic carbocycles. The van der Waals surface area contributed by atoms with Gasteiger partial charge in [0.05, 0.1) is 27.6 Å². The van der Waals surface area contributed by atoms with E-state index < -0.39 is 10.0 Å². The molecular weight excluding hydrogens is 440 g/mol. The first kappa shape index (κ1) is 20.9. The van der Waals surface area contributed by atoms with Gasteiger partial charge in [-0.15, -0.1) is 0 Å². The zero-order valence-electron chi connectivity index (χ0n) is 16.4. The Morgan fingerprint density at radius 1 is 1.10 bits per heavy atom. The van der Waals surface area contributed by atoms with Crippen molar-refractivity contribution in [2.75, 3.05) is 22.8 Å². The summed E-state index contributed by atoms with van der Waals surface area (Å²) in [5, 5.41) is 3.02. The zero-order chi connectivity index (χ0) is 22.2. The number of nitrogens with zero attached hydrogens (tertiary/aromatic N) is 2. The normalized spacial score (nSPS) is 13.5. The lowest BCUT2D eigenvalue weighted by Crippen LogP contribution is -2.31. The van der Waals surface area contributed by atoms with Crippen LogP contribution in [-0.4, -0.2) is 48.8 Å². The van der Waals surface area contributed by atoms with Crippen LogP contribution in [0.2, 0.25) is 0 Å². The van der Waals surface area contributed by atoms with E-state index in [9.17, 15) is 22.8 Å². The number of carbonyl (C=O) groups is 3. The zero-order valence-corrected chi connectivity index (χ0v) is 18.0. The molecule has 0 unspecified atom stereocenters. The Hall–Kier alpha value is -3.31. The molecule has 11 heteroatoms. The van der Waals surface area contributed by atoms with Crippen molar-refractivity contribution in [3.63, 3.8) is 0 Å². The summed E-state index contributed by atoms with van der Waals surface area (Å²) >= 11 is 1.16. The molecule has 1 aromatic heterocycles. The number of hydrogen-bond acceptors (Lipinski definition) is 7. The summed E-state index contributed by atoms with van der Waals surface area (Å²) in [5.74, 6) is -0.930. The molecule has 1 aliphatic heterocycles. The van der Waals surface area contributed by atoms with Crippen LogP contribution in [0.4, 0.5) is 10.8 Å². The predicted molar refractivity (Wildman–Crippen MR) is 118 cm³/mol. The summed E-state index contributed by atoms with van der Waals surface area (Å²) in [5.41, 5.74) is 1.94. The largest absolute Gasteiger partial charge is 0.326 e. The standard InChI is InChI=1S/C20H18N4O5S2/c1-31(28,29)23-20-22-15-9-8-12(11-16(15)30-20)21-17(25)7-4-10-24-18(26)13-5-2-3-6-14(13)19(24)27/h2-3,5-6,8-9,11H,4,7,10H2,1H3,(H,21,25)(H,22,23). The van der Waals surface area contributed by atoms with Crippen LogP contribution in [-0.2, 0) is 14.8 Å². The van der Waals surface area contributed by atoms with Crippen LogP contribution < -0.4 is 10.0 Å². The van der Waals surface area contributed by atoms with Crippen molar-refractivity contribution in [2.45, 2.75) is 12.8 Å². The molecule has 0 bridgehead atoms. The van der Waals surface area contributed by atoms with Gasteiger partial charge in [-0.1, -0.05) is 23.5 Å². The van der Waals surface area contributed by atoms with E-state index in [2.05, 4.69) is 15.0 Å². The second-order valence-corrected chi connectivity index (χ2v) is 9.81. The number of hydrogen-bond donors (Lipinski definition) is 2. The molecule has 4 rings (SSSR count). The molecule has 3 amide bonds. The van der Waals surface area contributed by atoms with Crippen LogP contribution in [0.1, 0.15) is 33.6 Å². The number of benzene rings is 2. The highest BCUT2D eigenvalue weighted by molar-refractivity contribution is 7.92. The first-order valence-electron chi connectivity index (χ1n) is 9.35. The maximum absolute atomic E-state index is 12.3. The third-order valence-electron chi connectivity index (χ3n) is 4.61. The van der Waals surface area contributed by atoms with Gasteiger partial charge in [0.2, 0.25) is 15.9 Å². The van der Waals surface area contributed by atoms with Gasteiger partial charge >= 0.3 is 0 Å². The minimum Gasteiger partial charge on any atom is -0.326 e. The van der Waals surface area contributed by atoms with E-state index in [1.165, 1.54) is 0 Å². The summed E-state index contributed by atoms with van der Waals surface area (Å²) in [7, 11) is -3.42. The number of fused-ring (bicyclic) bond motifs is 2. The van der Waals surface area contributed by atoms with E-state index in [1.54, 1.807) is 42.5 Å². The highest BCUT2D eigenvalue weighted by Gasteiger charge is 2.34. The van der Waals surface area contributed by atoms with Gasteiger partial charge in [0, 0.05) is 18.7 Å². The van der Waals surface area contributed by atoms with Crippen LogP contribution in [0.15, 0.2) is 42.5 Å². The summed E-state index contributed by atoms with van der Waals surface area (Å²) < 4.78 is 25.7. The first-order valence-corrected chi connectivity index (χ1v) is 12.1. The third kappa shape index (κ3) is 4.57. The van der Waals surface area contributed by atoms with Crippen LogP contribution >= 0.6 is 11.3 Å². The monoisotopic (exact) mass is 458 g/mol. The third-order valence-corrected chi connectivity index (χ3v) is 6.24. The van der Waals surface area contributed by atoms with Crippen molar-refractivity contribution in [3.05, 3.63) is 53.6 Å². The fraction of sp³-hybridized carbons (Fsp3) is 0.200. The Bertz CT molecular complexity index is 1280. The molecule has 160 valence electrons. The number of amides is 3. The number of sulfonamides is 1. The Labute approximate surface area is 182 Å². The molecule has 31 heavy (non-hydrogen) atoms. The number of aromatic nitrogens is 1. The Morgan fingerprint density at radius 3 is 2.42 bits per heavy atom. The number of thiazole rings is 1. The lowest BCUT2D eigenvalue weighted by Gasteiger charge is -2.13. The molecule has 0 saturated carbocycles. The molecule has 0 atom stereocenters.